The highest BCUT2D eigenvalue weighted by Crippen LogP contribution is 2.20. The summed E-state index contributed by atoms with van der Waals surface area (Å²) in [6, 6.07) is 9.27. The fourth-order valence-electron chi connectivity index (χ4n) is 3.28. The van der Waals surface area contributed by atoms with E-state index in [1.807, 2.05) is 0 Å². The lowest BCUT2D eigenvalue weighted by Crippen LogP contribution is -2.45. The highest BCUT2D eigenvalue weighted by atomic mass is 19.3. The number of benzene rings is 1. The average Bonchev–Trinajstić information content (AvgIpc) is 3.36. The van der Waals surface area contributed by atoms with Gasteiger partial charge in [-0.05, 0) is 49.1 Å². The first-order chi connectivity index (χ1) is 13.5. The number of carbonyl (C=O) groups excluding carboxylic acids is 2. The molecule has 1 aliphatic rings. The van der Waals surface area contributed by atoms with Gasteiger partial charge in [0, 0.05) is 13.0 Å². The molecule has 1 aromatic heterocycles. The standard InChI is InChI=1S/C20H22F2N2O4/c21-20(22)28-15-8-5-14(6-9-15)7-10-18(25)24-11-1-4-17(24)19(26)23-13-16-3-2-12-27-16/h2-3,5-6,8-9,12,17,20H,1,4,7,10-11,13H2,(H,23,26). The molecule has 1 N–H and O–H groups in total. The summed E-state index contributed by atoms with van der Waals surface area (Å²) in [6.45, 7) is -2.02. The lowest BCUT2D eigenvalue weighted by Gasteiger charge is -2.24. The van der Waals surface area contributed by atoms with Gasteiger partial charge in [-0.1, -0.05) is 12.1 Å². The Morgan fingerprint density at radius 3 is 2.71 bits per heavy atom. The van der Waals surface area contributed by atoms with Crippen LogP contribution >= 0.6 is 0 Å². The number of carbonyl (C=O) groups is 2. The largest absolute Gasteiger partial charge is 0.467 e. The zero-order chi connectivity index (χ0) is 19.9. The molecule has 0 spiro atoms. The summed E-state index contributed by atoms with van der Waals surface area (Å²) in [5, 5.41) is 2.81. The molecule has 1 aromatic carbocycles. The molecule has 0 bridgehead atoms. The summed E-state index contributed by atoms with van der Waals surface area (Å²) in [5.41, 5.74) is 0.841. The molecule has 0 saturated carbocycles. The Bertz CT molecular complexity index is 778. The Kier molecular flexibility index (Phi) is 6.62. The number of amides is 2. The number of rotatable bonds is 8. The minimum absolute atomic E-state index is 0.0814. The number of nitrogens with one attached hydrogen (secondary N) is 1. The number of alkyl halides is 2. The minimum Gasteiger partial charge on any atom is -0.467 e. The van der Waals surface area contributed by atoms with E-state index in [0.717, 1.165) is 12.0 Å². The molecule has 28 heavy (non-hydrogen) atoms. The Balaban J connectivity index is 1.49. The van der Waals surface area contributed by atoms with Crippen LogP contribution in [0.15, 0.2) is 47.1 Å². The van der Waals surface area contributed by atoms with E-state index in [9.17, 15) is 18.4 Å². The Hall–Kier alpha value is -2.90. The Morgan fingerprint density at radius 2 is 2.04 bits per heavy atom. The monoisotopic (exact) mass is 392 g/mol. The molecule has 1 unspecified atom stereocenters. The van der Waals surface area contributed by atoms with Crippen molar-refractivity contribution in [3.63, 3.8) is 0 Å². The van der Waals surface area contributed by atoms with E-state index in [1.54, 1.807) is 35.4 Å². The lowest BCUT2D eigenvalue weighted by atomic mass is 10.1. The third-order valence-corrected chi connectivity index (χ3v) is 4.67. The third kappa shape index (κ3) is 5.31. The van der Waals surface area contributed by atoms with Crippen LogP contribution in [0.5, 0.6) is 5.75 Å². The van der Waals surface area contributed by atoms with E-state index < -0.39 is 12.7 Å². The van der Waals surface area contributed by atoms with Gasteiger partial charge < -0.3 is 19.4 Å². The number of halogens is 2. The molecule has 2 amide bonds. The van der Waals surface area contributed by atoms with Gasteiger partial charge in [0.1, 0.15) is 17.6 Å². The van der Waals surface area contributed by atoms with E-state index in [2.05, 4.69) is 10.1 Å². The first-order valence-corrected chi connectivity index (χ1v) is 9.16. The van der Waals surface area contributed by atoms with Gasteiger partial charge in [-0.15, -0.1) is 0 Å². The van der Waals surface area contributed by atoms with Crippen LogP contribution in [0.4, 0.5) is 8.78 Å². The zero-order valence-corrected chi connectivity index (χ0v) is 15.3. The first-order valence-electron chi connectivity index (χ1n) is 9.16. The normalized spacial score (nSPS) is 16.4. The molecule has 3 rings (SSSR count). The summed E-state index contributed by atoms with van der Waals surface area (Å²) < 4.78 is 33.8. The molecule has 1 fully saturated rings. The number of ether oxygens (including phenoxy) is 1. The molecule has 8 heteroatoms. The van der Waals surface area contributed by atoms with Gasteiger partial charge in [0.2, 0.25) is 11.8 Å². The number of hydrogen-bond donors (Lipinski definition) is 1. The van der Waals surface area contributed by atoms with Crippen LogP contribution < -0.4 is 10.1 Å². The molecular weight excluding hydrogens is 370 g/mol. The van der Waals surface area contributed by atoms with Crippen LogP contribution in [-0.2, 0) is 22.6 Å². The Morgan fingerprint density at radius 1 is 1.25 bits per heavy atom. The van der Waals surface area contributed by atoms with Gasteiger partial charge in [0.25, 0.3) is 0 Å². The van der Waals surface area contributed by atoms with Crippen LogP contribution in [0.1, 0.15) is 30.6 Å². The minimum atomic E-state index is -2.86. The van der Waals surface area contributed by atoms with Crippen LogP contribution in [0.3, 0.4) is 0 Å². The molecule has 0 aliphatic carbocycles. The molecule has 6 nitrogen and oxygen atoms in total. The van der Waals surface area contributed by atoms with E-state index in [4.69, 9.17) is 4.42 Å². The van der Waals surface area contributed by atoms with Crippen molar-refractivity contribution in [2.75, 3.05) is 6.54 Å². The molecule has 1 saturated heterocycles. The first kappa shape index (κ1) is 19.9. The predicted octanol–water partition coefficient (Wildman–Crippen LogP) is 3.12. The SMILES string of the molecule is O=C(NCc1ccco1)C1CCCN1C(=O)CCc1ccc(OC(F)F)cc1. The maximum atomic E-state index is 12.6. The molecule has 150 valence electrons. The molecule has 0 radical (unpaired) electrons. The fraction of sp³-hybridized carbons (Fsp3) is 0.400. The van der Waals surface area contributed by atoms with Gasteiger partial charge in [-0.2, -0.15) is 8.78 Å². The second-order valence-electron chi connectivity index (χ2n) is 6.56. The summed E-state index contributed by atoms with van der Waals surface area (Å²) in [7, 11) is 0. The van der Waals surface area contributed by atoms with Gasteiger partial charge in [-0.25, -0.2) is 0 Å². The maximum Gasteiger partial charge on any atom is 0.387 e. The molecular formula is C20H22F2N2O4. The van der Waals surface area contributed by atoms with Gasteiger partial charge in [-0.3, -0.25) is 9.59 Å². The van der Waals surface area contributed by atoms with Gasteiger partial charge in [0.15, 0.2) is 0 Å². The van der Waals surface area contributed by atoms with E-state index >= 15 is 0 Å². The lowest BCUT2D eigenvalue weighted by molar-refractivity contribution is -0.138. The smallest absolute Gasteiger partial charge is 0.387 e. The van der Waals surface area contributed by atoms with E-state index in [-0.39, 0.29) is 30.5 Å². The van der Waals surface area contributed by atoms with Crippen molar-refractivity contribution in [1.29, 1.82) is 0 Å². The van der Waals surface area contributed by atoms with Crippen molar-refractivity contribution < 1.29 is 27.5 Å². The van der Waals surface area contributed by atoms with Crippen molar-refractivity contribution in [3.8, 4) is 5.75 Å². The Labute approximate surface area is 161 Å². The second kappa shape index (κ2) is 9.34. The number of aryl methyl sites for hydroxylation is 1. The number of likely N-dealkylation sites (tertiary alicyclic amines) is 1. The maximum absolute atomic E-state index is 12.6. The second-order valence-corrected chi connectivity index (χ2v) is 6.56. The zero-order valence-electron chi connectivity index (χ0n) is 15.3. The predicted molar refractivity (Wildman–Crippen MR) is 96.7 cm³/mol. The summed E-state index contributed by atoms with van der Waals surface area (Å²) in [6.07, 6.45) is 3.67. The summed E-state index contributed by atoms with van der Waals surface area (Å²) in [4.78, 5) is 26.6. The van der Waals surface area contributed by atoms with Crippen molar-refractivity contribution in [2.45, 2.75) is 44.9 Å². The van der Waals surface area contributed by atoms with Crippen LogP contribution in [-0.4, -0.2) is 35.9 Å². The number of furan rings is 1. The highest BCUT2D eigenvalue weighted by molar-refractivity contribution is 5.88. The van der Waals surface area contributed by atoms with Gasteiger partial charge in [0.05, 0.1) is 12.8 Å². The quantitative estimate of drug-likeness (QED) is 0.749. The van der Waals surface area contributed by atoms with Crippen LogP contribution in [0.25, 0.3) is 0 Å². The van der Waals surface area contributed by atoms with E-state index in [0.29, 0.717) is 25.1 Å². The summed E-state index contributed by atoms with van der Waals surface area (Å²) in [5.74, 6) is 0.459. The topological polar surface area (TPSA) is 71.8 Å². The van der Waals surface area contributed by atoms with Crippen molar-refractivity contribution >= 4 is 11.8 Å². The van der Waals surface area contributed by atoms with Crippen LogP contribution in [0.2, 0.25) is 0 Å². The van der Waals surface area contributed by atoms with E-state index in [1.165, 1.54) is 12.1 Å². The van der Waals surface area contributed by atoms with Crippen LogP contribution in [0, 0.1) is 0 Å². The van der Waals surface area contributed by atoms with Gasteiger partial charge >= 0.3 is 6.61 Å². The molecule has 1 aliphatic heterocycles. The third-order valence-electron chi connectivity index (χ3n) is 4.67. The van der Waals surface area contributed by atoms with Crippen molar-refractivity contribution in [3.05, 3.63) is 54.0 Å². The molecule has 1 atom stereocenters. The fourth-order valence-corrected chi connectivity index (χ4v) is 3.28. The average molecular weight is 392 g/mol. The van der Waals surface area contributed by atoms with Crippen molar-refractivity contribution in [2.24, 2.45) is 0 Å². The van der Waals surface area contributed by atoms with Crippen molar-refractivity contribution in [1.82, 2.24) is 10.2 Å². The number of nitrogens with zero attached hydrogens (tertiary/aromatic N) is 1. The number of hydrogen-bond acceptors (Lipinski definition) is 4. The summed E-state index contributed by atoms with van der Waals surface area (Å²) >= 11 is 0. The molecule has 2 aromatic rings. The molecule has 2 heterocycles. The highest BCUT2D eigenvalue weighted by Gasteiger charge is 2.33.